The molecule has 27 heavy (non-hydrogen) atoms. The van der Waals surface area contributed by atoms with Crippen LogP contribution in [-0.4, -0.2) is 23.6 Å². The van der Waals surface area contributed by atoms with Gasteiger partial charge in [-0.3, -0.25) is 10.1 Å². The van der Waals surface area contributed by atoms with E-state index in [1.807, 2.05) is 6.07 Å². The topological polar surface area (TPSA) is 67.4 Å². The summed E-state index contributed by atoms with van der Waals surface area (Å²) in [4.78, 5) is 26.0. The molecule has 142 valence electrons. The van der Waals surface area contributed by atoms with E-state index >= 15 is 0 Å². The van der Waals surface area contributed by atoms with Gasteiger partial charge in [-0.25, -0.2) is 4.79 Å². The van der Waals surface area contributed by atoms with Gasteiger partial charge in [-0.2, -0.15) is 0 Å². The van der Waals surface area contributed by atoms with Gasteiger partial charge in [0, 0.05) is 10.4 Å². The molecule has 0 bridgehead atoms. The second-order valence-corrected chi connectivity index (χ2v) is 8.06. The zero-order valence-electron chi connectivity index (χ0n) is 15.3. The maximum atomic E-state index is 12.5. The monoisotopic (exact) mass is 402 g/mol. The van der Waals surface area contributed by atoms with Crippen LogP contribution in [0.15, 0.2) is 30.3 Å². The number of anilines is 1. The van der Waals surface area contributed by atoms with Gasteiger partial charge in [0.25, 0.3) is 5.91 Å². The molecule has 2 N–H and O–H groups in total. The van der Waals surface area contributed by atoms with Gasteiger partial charge in [-0.1, -0.05) is 25.1 Å². The lowest BCUT2D eigenvalue weighted by Crippen LogP contribution is -2.34. The molecular weight excluding hydrogens is 380 g/mol. The Morgan fingerprint density at radius 1 is 1.30 bits per heavy atom. The highest BCUT2D eigenvalue weighted by molar-refractivity contribution is 7.80. The van der Waals surface area contributed by atoms with E-state index in [1.54, 1.807) is 31.2 Å². The summed E-state index contributed by atoms with van der Waals surface area (Å²) < 4.78 is 5.26. The van der Waals surface area contributed by atoms with Gasteiger partial charge in [-0.05, 0) is 62.0 Å². The molecule has 2 aromatic rings. The Balaban J connectivity index is 1.80. The second kappa shape index (κ2) is 8.63. The van der Waals surface area contributed by atoms with Crippen LogP contribution < -0.4 is 10.6 Å². The number of amides is 1. The fourth-order valence-corrected chi connectivity index (χ4v) is 4.66. The number of benzene rings is 1. The third-order valence-electron chi connectivity index (χ3n) is 4.48. The van der Waals surface area contributed by atoms with Gasteiger partial charge in [-0.15, -0.1) is 11.3 Å². The summed E-state index contributed by atoms with van der Waals surface area (Å²) in [5.41, 5.74) is 2.13. The Morgan fingerprint density at radius 3 is 2.74 bits per heavy atom. The third kappa shape index (κ3) is 4.54. The predicted molar refractivity (Wildman–Crippen MR) is 112 cm³/mol. The lowest BCUT2D eigenvalue weighted by Gasteiger charge is -2.18. The van der Waals surface area contributed by atoms with E-state index in [2.05, 4.69) is 17.6 Å². The number of aryl methyl sites for hydroxylation is 1. The smallest absolute Gasteiger partial charge is 0.341 e. The normalized spacial score (nSPS) is 15.6. The fourth-order valence-electron chi connectivity index (χ4n) is 3.16. The van der Waals surface area contributed by atoms with E-state index in [4.69, 9.17) is 17.0 Å². The summed E-state index contributed by atoms with van der Waals surface area (Å²) >= 11 is 6.82. The second-order valence-electron chi connectivity index (χ2n) is 6.55. The number of thiocarbonyl (C=S) groups is 1. The van der Waals surface area contributed by atoms with Crippen molar-refractivity contribution < 1.29 is 14.3 Å². The van der Waals surface area contributed by atoms with Crippen LogP contribution in [0.4, 0.5) is 5.00 Å². The number of rotatable bonds is 4. The highest BCUT2D eigenvalue weighted by atomic mass is 32.1. The number of fused-ring (bicyclic) bond motifs is 1. The van der Waals surface area contributed by atoms with Crippen LogP contribution in [0.5, 0.6) is 0 Å². The molecule has 0 aliphatic heterocycles. The highest BCUT2D eigenvalue weighted by Gasteiger charge is 2.29. The zero-order valence-corrected chi connectivity index (χ0v) is 17.0. The Kier molecular flexibility index (Phi) is 6.23. The van der Waals surface area contributed by atoms with Crippen LogP contribution in [0.1, 0.15) is 51.4 Å². The molecule has 7 heteroatoms. The van der Waals surface area contributed by atoms with E-state index in [0.29, 0.717) is 28.7 Å². The van der Waals surface area contributed by atoms with Gasteiger partial charge in [0.15, 0.2) is 5.11 Å². The number of carbonyl (C=O) groups excluding carboxylic acids is 2. The molecule has 1 amide bonds. The van der Waals surface area contributed by atoms with Crippen LogP contribution in [-0.2, 0) is 17.6 Å². The van der Waals surface area contributed by atoms with Gasteiger partial charge < -0.3 is 10.1 Å². The predicted octanol–water partition coefficient (Wildman–Crippen LogP) is 4.18. The van der Waals surface area contributed by atoms with Crippen molar-refractivity contribution in [2.24, 2.45) is 5.92 Å². The maximum absolute atomic E-state index is 12.5. The molecule has 0 saturated carbocycles. The number of carbonyl (C=O) groups is 2. The standard InChI is InChI=1S/C20H22N2O3S2/c1-3-25-19(24)16-14-11-12(2)9-10-15(14)27-18(16)22-20(26)21-17(23)13-7-5-4-6-8-13/h4-8,12H,3,9-11H2,1-2H3,(H2,21,22,23,26)/t12-/m1/s1. The lowest BCUT2D eigenvalue weighted by atomic mass is 9.88. The number of esters is 1. The average Bonchev–Trinajstić information content (AvgIpc) is 2.99. The number of hydrogen-bond acceptors (Lipinski definition) is 5. The molecule has 1 aromatic heterocycles. The molecule has 3 rings (SSSR count). The van der Waals surface area contributed by atoms with E-state index in [-0.39, 0.29) is 17.0 Å². The molecule has 1 aliphatic carbocycles. The summed E-state index contributed by atoms with van der Waals surface area (Å²) in [5, 5.41) is 6.52. The maximum Gasteiger partial charge on any atom is 0.341 e. The minimum atomic E-state index is -0.344. The minimum absolute atomic E-state index is 0.168. The van der Waals surface area contributed by atoms with Crippen molar-refractivity contribution >= 4 is 45.5 Å². The molecule has 1 heterocycles. The number of ether oxygens (including phenoxy) is 1. The Labute approximate surface area is 168 Å². The molecule has 5 nitrogen and oxygen atoms in total. The van der Waals surface area contributed by atoms with E-state index in [0.717, 1.165) is 24.8 Å². The fraction of sp³-hybridized carbons (Fsp3) is 0.350. The molecular formula is C20H22N2O3S2. The molecule has 1 atom stereocenters. The third-order valence-corrected chi connectivity index (χ3v) is 5.89. The largest absolute Gasteiger partial charge is 0.462 e. The van der Waals surface area contributed by atoms with E-state index in [9.17, 15) is 9.59 Å². The van der Waals surface area contributed by atoms with Gasteiger partial charge in [0.05, 0.1) is 12.2 Å². The molecule has 0 radical (unpaired) electrons. The Hall–Kier alpha value is -2.25. The van der Waals surface area contributed by atoms with Gasteiger partial charge >= 0.3 is 5.97 Å². The molecule has 0 saturated heterocycles. The molecule has 0 fully saturated rings. The van der Waals surface area contributed by atoms with Gasteiger partial charge in [0.1, 0.15) is 5.00 Å². The van der Waals surface area contributed by atoms with E-state index < -0.39 is 0 Å². The SMILES string of the molecule is CCOC(=O)c1c(NC(=S)NC(=O)c2ccccc2)sc2c1C[C@H](C)CC2. The first-order valence-corrected chi connectivity index (χ1v) is 10.2. The van der Waals surface area contributed by atoms with Crippen molar-refractivity contribution in [3.05, 3.63) is 51.9 Å². The first-order valence-electron chi connectivity index (χ1n) is 8.98. The summed E-state index contributed by atoms with van der Waals surface area (Å²) in [6.45, 7) is 4.29. The quantitative estimate of drug-likeness (QED) is 0.593. The molecule has 0 unspecified atom stereocenters. The number of thiophene rings is 1. The van der Waals surface area contributed by atoms with Crippen LogP contribution in [0.3, 0.4) is 0 Å². The Morgan fingerprint density at radius 2 is 2.04 bits per heavy atom. The summed E-state index contributed by atoms with van der Waals surface area (Å²) in [6, 6.07) is 8.86. The van der Waals surface area contributed by atoms with Crippen LogP contribution in [0, 0.1) is 5.92 Å². The lowest BCUT2D eigenvalue weighted by molar-refractivity contribution is 0.0526. The summed E-state index contributed by atoms with van der Waals surface area (Å²) in [7, 11) is 0. The van der Waals surface area contributed by atoms with Crippen molar-refractivity contribution in [2.45, 2.75) is 33.1 Å². The van der Waals surface area contributed by atoms with Crippen LogP contribution in [0.25, 0.3) is 0 Å². The van der Waals surface area contributed by atoms with Crippen molar-refractivity contribution in [1.29, 1.82) is 0 Å². The highest BCUT2D eigenvalue weighted by Crippen LogP contribution is 2.40. The van der Waals surface area contributed by atoms with Crippen molar-refractivity contribution in [2.75, 3.05) is 11.9 Å². The average molecular weight is 403 g/mol. The van der Waals surface area contributed by atoms with Crippen LogP contribution in [0.2, 0.25) is 0 Å². The van der Waals surface area contributed by atoms with Crippen LogP contribution >= 0.6 is 23.6 Å². The molecule has 1 aromatic carbocycles. The van der Waals surface area contributed by atoms with Crippen molar-refractivity contribution in [1.82, 2.24) is 5.32 Å². The van der Waals surface area contributed by atoms with E-state index in [1.165, 1.54) is 16.2 Å². The molecule has 1 aliphatic rings. The minimum Gasteiger partial charge on any atom is -0.462 e. The Bertz CT molecular complexity index is 862. The van der Waals surface area contributed by atoms with Crippen molar-refractivity contribution in [3.8, 4) is 0 Å². The summed E-state index contributed by atoms with van der Waals surface area (Å²) in [6.07, 6.45) is 2.90. The number of hydrogen-bond donors (Lipinski definition) is 2. The number of nitrogens with one attached hydrogen (secondary N) is 2. The van der Waals surface area contributed by atoms with Gasteiger partial charge in [0.2, 0.25) is 0 Å². The van der Waals surface area contributed by atoms with Crippen molar-refractivity contribution in [3.63, 3.8) is 0 Å². The first-order chi connectivity index (χ1) is 13.0. The zero-order chi connectivity index (χ0) is 19.4. The first kappa shape index (κ1) is 19.5. The molecule has 0 spiro atoms. The summed E-state index contributed by atoms with van der Waals surface area (Å²) in [5.74, 6) is -0.109.